The van der Waals surface area contributed by atoms with E-state index in [0.29, 0.717) is 12.2 Å². The van der Waals surface area contributed by atoms with Gasteiger partial charge in [0.1, 0.15) is 5.75 Å². The highest BCUT2D eigenvalue weighted by Crippen LogP contribution is 2.41. The number of benzene rings is 1. The Hall–Kier alpha value is -2.06. The lowest BCUT2D eigenvalue weighted by Gasteiger charge is -2.30. The van der Waals surface area contributed by atoms with Crippen molar-refractivity contribution in [1.82, 2.24) is 5.32 Å². The number of carbonyl (C=O) groups is 1. The van der Waals surface area contributed by atoms with Crippen molar-refractivity contribution in [3.05, 3.63) is 29.8 Å². The zero-order chi connectivity index (χ0) is 17.2. The summed E-state index contributed by atoms with van der Waals surface area (Å²) in [7, 11) is 5.33. The van der Waals surface area contributed by atoms with Crippen molar-refractivity contribution in [3.8, 4) is 11.8 Å². The monoisotopic (exact) mass is 306 g/mol. The number of aliphatic carboxylic acids is 1. The van der Waals surface area contributed by atoms with Gasteiger partial charge in [0.25, 0.3) is 0 Å². The number of nitrogens with zero attached hydrogens (tertiary/aromatic N) is 1. The second kappa shape index (κ2) is 9.80. The minimum Gasteiger partial charge on any atom is -0.497 e. The van der Waals surface area contributed by atoms with Gasteiger partial charge in [-0.3, -0.25) is 4.79 Å². The molecule has 22 heavy (non-hydrogen) atoms. The minimum atomic E-state index is -0.953. The molecule has 1 aromatic carbocycles. The number of nitrogens with one attached hydrogen (secondary N) is 1. The molecule has 0 saturated carbocycles. The van der Waals surface area contributed by atoms with E-state index in [1.165, 1.54) is 0 Å². The van der Waals surface area contributed by atoms with Crippen molar-refractivity contribution in [3.63, 3.8) is 0 Å². The summed E-state index contributed by atoms with van der Waals surface area (Å²) in [6, 6.07) is 9.64. The van der Waals surface area contributed by atoms with E-state index in [-0.39, 0.29) is 12.3 Å². The van der Waals surface area contributed by atoms with Crippen molar-refractivity contribution in [1.29, 1.82) is 5.26 Å². The third-order valence-corrected chi connectivity index (χ3v) is 3.45. The summed E-state index contributed by atoms with van der Waals surface area (Å²) in [6.45, 7) is 3.66. The standard InChI is InChI=1S/C15H19NO3.C2H7N/c1-4-13(15(2,10-16)9-14(17)18)11-6-5-7-12(8-11)19-3;1-3-2/h5-8,13H,4,9H2,1-3H3,(H,17,18);3H,1-2H3. The first-order valence-electron chi connectivity index (χ1n) is 7.23. The highest BCUT2D eigenvalue weighted by Gasteiger charge is 2.36. The Morgan fingerprint density at radius 2 is 2.09 bits per heavy atom. The molecule has 122 valence electrons. The van der Waals surface area contributed by atoms with Gasteiger partial charge in [-0.05, 0) is 45.1 Å². The molecule has 5 heteroatoms. The van der Waals surface area contributed by atoms with E-state index >= 15 is 0 Å². The molecule has 1 rings (SSSR count). The summed E-state index contributed by atoms with van der Waals surface area (Å²) < 4.78 is 5.18. The van der Waals surface area contributed by atoms with Crippen LogP contribution in [-0.4, -0.2) is 32.3 Å². The van der Waals surface area contributed by atoms with Gasteiger partial charge in [0.15, 0.2) is 0 Å². The van der Waals surface area contributed by atoms with E-state index in [1.54, 1.807) is 14.0 Å². The second-order valence-corrected chi connectivity index (χ2v) is 5.34. The number of nitriles is 1. The Morgan fingerprint density at radius 1 is 1.50 bits per heavy atom. The van der Waals surface area contributed by atoms with Crippen LogP contribution in [0.4, 0.5) is 0 Å². The molecule has 0 spiro atoms. The van der Waals surface area contributed by atoms with Gasteiger partial charge in [0.2, 0.25) is 0 Å². The zero-order valence-electron chi connectivity index (χ0n) is 14.0. The van der Waals surface area contributed by atoms with E-state index in [4.69, 9.17) is 9.84 Å². The summed E-state index contributed by atoms with van der Waals surface area (Å²) >= 11 is 0. The minimum absolute atomic E-state index is 0.135. The van der Waals surface area contributed by atoms with E-state index in [0.717, 1.165) is 5.56 Å². The Bertz CT molecular complexity index is 511. The molecule has 2 atom stereocenters. The summed E-state index contributed by atoms with van der Waals surface area (Å²) in [5.41, 5.74) is 0.0135. The van der Waals surface area contributed by atoms with Crippen molar-refractivity contribution in [2.24, 2.45) is 5.41 Å². The molecule has 0 aliphatic rings. The van der Waals surface area contributed by atoms with Crippen LogP contribution in [0, 0.1) is 16.7 Å². The SMILES string of the molecule is CCC(c1cccc(OC)c1)C(C)(C#N)CC(=O)O.CNC. The molecule has 0 radical (unpaired) electrons. The van der Waals surface area contributed by atoms with Crippen molar-refractivity contribution in [2.75, 3.05) is 21.2 Å². The fourth-order valence-electron chi connectivity index (χ4n) is 2.47. The van der Waals surface area contributed by atoms with Crippen LogP contribution >= 0.6 is 0 Å². The molecule has 0 aromatic heterocycles. The molecular weight excluding hydrogens is 280 g/mol. The third kappa shape index (κ3) is 5.74. The van der Waals surface area contributed by atoms with Gasteiger partial charge < -0.3 is 15.2 Å². The summed E-state index contributed by atoms with van der Waals surface area (Å²) in [4.78, 5) is 11.0. The van der Waals surface area contributed by atoms with Crippen LogP contribution < -0.4 is 10.1 Å². The molecule has 2 unspecified atom stereocenters. The maximum absolute atomic E-state index is 11.0. The van der Waals surface area contributed by atoms with Gasteiger partial charge >= 0.3 is 5.97 Å². The molecule has 0 saturated heterocycles. The van der Waals surface area contributed by atoms with Gasteiger partial charge in [-0.15, -0.1) is 0 Å². The topological polar surface area (TPSA) is 82.3 Å². The summed E-state index contributed by atoms with van der Waals surface area (Å²) in [5, 5.41) is 21.1. The molecular formula is C17H26N2O3. The fourth-order valence-corrected chi connectivity index (χ4v) is 2.47. The van der Waals surface area contributed by atoms with Gasteiger partial charge in [0.05, 0.1) is 25.0 Å². The van der Waals surface area contributed by atoms with Gasteiger partial charge in [-0.25, -0.2) is 0 Å². The summed E-state index contributed by atoms with van der Waals surface area (Å²) in [5.74, 6) is -0.374. The fraction of sp³-hybridized carbons (Fsp3) is 0.529. The molecule has 2 N–H and O–H groups in total. The molecule has 5 nitrogen and oxygen atoms in total. The maximum atomic E-state index is 11.0. The number of hydrogen-bond acceptors (Lipinski definition) is 4. The molecule has 0 fully saturated rings. The highest BCUT2D eigenvalue weighted by atomic mass is 16.5. The first-order valence-corrected chi connectivity index (χ1v) is 7.23. The molecule has 1 aromatic rings. The lowest BCUT2D eigenvalue weighted by Crippen LogP contribution is -2.27. The number of carboxylic acids is 1. The number of carboxylic acid groups (broad SMARTS) is 1. The predicted octanol–water partition coefficient (Wildman–Crippen LogP) is 3.03. The van der Waals surface area contributed by atoms with Crippen LogP contribution in [0.2, 0.25) is 0 Å². The average Bonchev–Trinajstić information content (AvgIpc) is 2.48. The van der Waals surface area contributed by atoms with Crippen LogP contribution in [0.3, 0.4) is 0 Å². The van der Waals surface area contributed by atoms with Crippen molar-refractivity contribution < 1.29 is 14.6 Å². The zero-order valence-corrected chi connectivity index (χ0v) is 14.0. The van der Waals surface area contributed by atoms with Gasteiger partial charge in [-0.2, -0.15) is 5.26 Å². The highest BCUT2D eigenvalue weighted by molar-refractivity contribution is 5.68. The number of methoxy groups -OCH3 is 1. The molecule has 0 bridgehead atoms. The largest absolute Gasteiger partial charge is 0.497 e. The van der Waals surface area contributed by atoms with Crippen LogP contribution in [-0.2, 0) is 4.79 Å². The predicted molar refractivity (Wildman–Crippen MR) is 87.0 cm³/mol. The van der Waals surface area contributed by atoms with E-state index in [2.05, 4.69) is 11.4 Å². The summed E-state index contributed by atoms with van der Waals surface area (Å²) in [6.07, 6.45) is 0.531. The van der Waals surface area contributed by atoms with E-state index < -0.39 is 11.4 Å². The Balaban J connectivity index is 0.00000135. The lowest BCUT2D eigenvalue weighted by atomic mass is 9.71. The van der Waals surface area contributed by atoms with E-state index in [1.807, 2.05) is 45.3 Å². The van der Waals surface area contributed by atoms with E-state index in [9.17, 15) is 10.1 Å². The lowest BCUT2D eigenvalue weighted by molar-refractivity contribution is -0.139. The average molecular weight is 306 g/mol. The maximum Gasteiger partial charge on any atom is 0.304 e. The smallest absolute Gasteiger partial charge is 0.304 e. The quantitative estimate of drug-likeness (QED) is 0.844. The first kappa shape index (κ1) is 19.9. The molecule has 0 amide bonds. The second-order valence-electron chi connectivity index (χ2n) is 5.34. The Kier molecular flexibility index (Phi) is 8.88. The molecule has 0 aliphatic heterocycles. The first-order chi connectivity index (χ1) is 10.4. The number of ether oxygens (including phenoxy) is 1. The molecule has 0 aliphatic carbocycles. The third-order valence-electron chi connectivity index (χ3n) is 3.45. The van der Waals surface area contributed by atoms with Crippen LogP contribution in [0.15, 0.2) is 24.3 Å². The van der Waals surface area contributed by atoms with Crippen LogP contribution in [0.25, 0.3) is 0 Å². The van der Waals surface area contributed by atoms with Gasteiger partial charge in [0, 0.05) is 5.92 Å². The van der Waals surface area contributed by atoms with Crippen LogP contribution in [0.1, 0.15) is 38.2 Å². The Labute approximate surface area is 132 Å². The van der Waals surface area contributed by atoms with Crippen molar-refractivity contribution in [2.45, 2.75) is 32.6 Å². The number of hydrogen-bond donors (Lipinski definition) is 2. The van der Waals surface area contributed by atoms with Crippen LogP contribution in [0.5, 0.6) is 5.75 Å². The van der Waals surface area contributed by atoms with Gasteiger partial charge in [-0.1, -0.05) is 19.1 Å². The van der Waals surface area contributed by atoms with Crippen molar-refractivity contribution >= 4 is 5.97 Å². The Morgan fingerprint density at radius 3 is 2.50 bits per heavy atom. The number of rotatable bonds is 6. The normalized spacial score (nSPS) is 13.8. The molecule has 0 heterocycles.